The summed E-state index contributed by atoms with van der Waals surface area (Å²) in [5.74, 6) is -0.670. The summed E-state index contributed by atoms with van der Waals surface area (Å²) in [4.78, 5) is 10.4. The fourth-order valence-electron chi connectivity index (χ4n) is 1.59. The quantitative estimate of drug-likeness (QED) is 0.639. The van der Waals surface area contributed by atoms with Gasteiger partial charge in [-0.15, -0.1) is 0 Å². The minimum absolute atomic E-state index is 0.0510. The first-order chi connectivity index (χ1) is 4.57. The van der Waals surface area contributed by atoms with Crippen molar-refractivity contribution in [1.29, 1.82) is 0 Å². The average Bonchev–Trinajstić information content (AvgIpc) is 1.80. The Morgan fingerprint density at radius 3 is 2.50 bits per heavy atom. The second-order valence-corrected chi connectivity index (χ2v) is 3.61. The van der Waals surface area contributed by atoms with E-state index in [1.54, 1.807) is 0 Å². The summed E-state index contributed by atoms with van der Waals surface area (Å²) in [6.45, 7) is 4.28. The van der Waals surface area contributed by atoms with Gasteiger partial charge in [-0.05, 0) is 18.3 Å². The third-order valence-electron chi connectivity index (χ3n) is 2.68. The third-order valence-corrected chi connectivity index (χ3v) is 2.68. The molecule has 0 bridgehead atoms. The van der Waals surface area contributed by atoms with Gasteiger partial charge in [0, 0.05) is 0 Å². The van der Waals surface area contributed by atoms with E-state index in [0.29, 0.717) is 5.41 Å². The Labute approximate surface area is 61.2 Å². The fourth-order valence-corrected chi connectivity index (χ4v) is 1.59. The number of rotatable bonds is 2. The second kappa shape index (κ2) is 2.26. The Kier molecular flexibility index (Phi) is 1.71. The SMILES string of the molecule is CCC1(C)CC(C(=O)O)C1. The van der Waals surface area contributed by atoms with E-state index in [2.05, 4.69) is 13.8 Å². The van der Waals surface area contributed by atoms with Gasteiger partial charge in [0.1, 0.15) is 0 Å². The molecule has 1 aliphatic carbocycles. The molecule has 0 aromatic rings. The Morgan fingerprint density at radius 1 is 1.70 bits per heavy atom. The van der Waals surface area contributed by atoms with Crippen molar-refractivity contribution in [3.63, 3.8) is 0 Å². The highest BCUT2D eigenvalue weighted by atomic mass is 16.4. The number of hydrogen-bond donors (Lipinski definition) is 1. The first kappa shape index (κ1) is 7.58. The van der Waals surface area contributed by atoms with Gasteiger partial charge in [0.05, 0.1) is 5.92 Å². The maximum Gasteiger partial charge on any atom is 0.306 e. The molecule has 1 rings (SSSR count). The molecule has 0 unspecified atom stereocenters. The Balaban J connectivity index is 2.36. The predicted molar refractivity (Wildman–Crippen MR) is 38.8 cm³/mol. The summed E-state index contributed by atoms with van der Waals surface area (Å²) >= 11 is 0. The highest BCUT2D eigenvalue weighted by Gasteiger charge is 2.42. The molecule has 1 saturated carbocycles. The maximum absolute atomic E-state index is 10.4. The summed E-state index contributed by atoms with van der Waals surface area (Å²) in [6.07, 6.45) is 2.86. The molecule has 0 heterocycles. The van der Waals surface area contributed by atoms with Crippen molar-refractivity contribution >= 4 is 5.97 Å². The fraction of sp³-hybridized carbons (Fsp3) is 0.875. The summed E-state index contributed by atoms with van der Waals surface area (Å²) < 4.78 is 0. The molecule has 0 amide bonds. The molecule has 1 aliphatic rings. The van der Waals surface area contributed by atoms with Crippen LogP contribution in [0, 0.1) is 11.3 Å². The first-order valence-electron chi connectivity index (χ1n) is 3.80. The largest absolute Gasteiger partial charge is 0.481 e. The lowest BCUT2D eigenvalue weighted by atomic mass is 9.62. The number of carboxylic acid groups (broad SMARTS) is 1. The lowest BCUT2D eigenvalue weighted by Crippen LogP contribution is -2.38. The van der Waals surface area contributed by atoms with Crippen LogP contribution in [0.15, 0.2) is 0 Å². The molecule has 2 nitrogen and oxygen atoms in total. The standard InChI is InChI=1S/C8H14O2/c1-3-8(2)4-6(5-8)7(9)10/h6H,3-5H2,1-2H3,(H,9,10). The zero-order valence-corrected chi connectivity index (χ0v) is 6.55. The van der Waals surface area contributed by atoms with Crippen molar-refractivity contribution in [2.24, 2.45) is 11.3 Å². The average molecular weight is 142 g/mol. The topological polar surface area (TPSA) is 37.3 Å². The van der Waals surface area contributed by atoms with E-state index in [1.807, 2.05) is 0 Å². The summed E-state index contributed by atoms with van der Waals surface area (Å²) in [5.41, 5.74) is 0.336. The molecule has 0 aromatic carbocycles. The molecule has 1 fully saturated rings. The monoisotopic (exact) mass is 142 g/mol. The van der Waals surface area contributed by atoms with Crippen LogP contribution in [0.5, 0.6) is 0 Å². The van der Waals surface area contributed by atoms with E-state index in [9.17, 15) is 4.79 Å². The van der Waals surface area contributed by atoms with Gasteiger partial charge < -0.3 is 5.11 Å². The van der Waals surface area contributed by atoms with Crippen molar-refractivity contribution < 1.29 is 9.90 Å². The second-order valence-electron chi connectivity index (χ2n) is 3.61. The number of aliphatic carboxylic acids is 1. The third kappa shape index (κ3) is 1.15. The highest BCUT2D eigenvalue weighted by molar-refractivity contribution is 5.71. The molecular formula is C8H14O2. The summed E-state index contributed by atoms with van der Waals surface area (Å²) in [6, 6.07) is 0. The van der Waals surface area contributed by atoms with Gasteiger partial charge in [-0.3, -0.25) is 4.79 Å². The summed E-state index contributed by atoms with van der Waals surface area (Å²) in [5, 5.41) is 8.56. The molecule has 0 saturated heterocycles. The van der Waals surface area contributed by atoms with Crippen molar-refractivity contribution in [2.45, 2.75) is 33.1 Å². The van der Waals surface area contributed by atoms with Gasteiger partial charge in [-0.1, -0.05) is 20.3 Å². The van der Waals surface area contributed by atoms with Crippen LogP contribution in [0.2, 0.25) is 0 Å². The van der Waals surface area contributed by atoms with Crippen LogP contribution < -0.4 is 0 Å². The Bertz CT molecular complexity index is 145. The normalized spacial score (nSPS) is 38.8. The lowest BCUT2D eigenvalue weighted by Gasteiger charge is -2.42. The van der Waals surface area contributed by atoms with E-state index in [4.69, 9.17) is 5.11 Å². The number of carbonyl (C=O) groups is 1. The molecule has 58 valence electrons. The Hall–Kier alpha value is -0.530. The van der Waals surface area contributed by atoms with Gasteiger partial charge in [0.2, 0.25) is 0 Å². The van der Waals surface area contributed by atoms with Crippen LogP contribution in [-0.2, 0) is 4.79 Å². The van der Waals surface area contributed by atoms with E-state index in [0.717, 1.165) is 19.3 Å². The molecule has 0 aromatic heterocycles. The lowest BCUT2D eigenvalue weighted by molar-refractivity contribution is -0.149. The van der Waals surface area contributed by atoms with Crippen LogP contribution in [0.3, 0.4) is 0 Å². The smallest absolute Gasteiger partial charge is 0.306 e. The van der Waals surface area contributed by atoms with Crippen LogP contribution in [0.1, 0.15) is 33.1 Å². The van der Waals surface area contributed by atoms with Gasteiger partial charge in [0.25, 0.3) is 0 Å². The predicted octanol–water partition coefficient (Wildman–Crippen LogP) is 1.90. The van der Waals surface area contributed by atoms with Gasteiger partial charge in [-0.2, -0.15) is 0 Å². The summed E-state index contributed by atoms with van der Waals surface area (Å²) in [7, 11) is 0. The molecule has 0 atom stereocenters. The molecular weight excluding hydrogens is 128 g/mol. The van der Waals surface area contributed by atoms with Crippen molar-refractivity contribution in [3.05, 3.63) is 0 Å². The van der Waals surface area contributed by atoms with Crippen LogP contribution in [-0.4, -0.2) is 11.1 Å². The van der Waals surface area contributed by atoms with E-state index >= 15 is 0 Å². The van der Waals surface area contributed by atoms with Crippen LogP contribution >= 0.6 is 0 Å². The number of hydrogen-bond acceptors (Lipinski definition) is 1. The molecule has 1 N–H and O–H groups in total. The van der Waals surface area contributed by atoms with Gasteiger partial charge in [0.15, 0.2) is 0 Å². The molecule has 10 heavy (non-hydrogen) atoms. The van der Waals surface area contributed by atoms with Crippen molar-refractivity contribution in [2.75, 3.05) is 0 Å². The van der Waals surface area contributed by atoms with E-state index in [-0.39, 0.29) is 5.92 Å². The molecule has 0 aliphatic heterocycles. The molecule has 0 radical (unpaired) electrons. The molecule has 0 spiro atoms. The van der Waals surface area contributed by atoms with E-state index in [1.165, 1.54) is 0 Å². The van der Waals surface area contributed by atoms with Gasteiger partial charge in [-0.25, -0.2) is 0 Å². The van der Waals surface area contributed by atoms with E-state index < -0.39 is 5.97 Å². The van der Waals surface area contributed by atoms with Crippen molar-refractivity contribution in [1.82, 2.24) is 0 Å². The minimum Gasteiger partial charge on any atom is -0.481 e. The molecule has 2 heteroatoms. The van der Waals surface area contributed by atoms with Crippen molar-refractivity contribution in [3.8, 4) is 0 Å². The van der Waals surface area contributed by atoms with Gasteiger partial charge >= 0.3 is 5.97 Å². The number of carboxylic acids is 1. The van der Waals surface area contributed by atoms with Crippen LogP contribution in [0.25, 0.3) is 0 Å². The van der Waals surface area contributed by atoms with Crippen LogP contribution in [0.4, 0.5) is 0 Å². The maximum atomic E-state index is 10.4. The first-order valence-corrected chi connectivity index (χ1v) is 3.80. The zero-order valence-electron chi connectivity index (χ0n) is 6.55. The zero-order chi connectivity index (χ0) is 7.78. The minimum atomic E-state index is -0.620. The highest BCUT2D eigenvalue weighted by Crippen LogP contribution is 2.47. The Morgan fingerprint density at radius 2 is 2.20 bits per heavy atom.